The fourth-order valence-electron chi connectivity index (χ4n) is 2.63. The zero-order valence-electron chi connectivity index (χ0n) is 13.3. The van der Waals surface area contributed by atoms with Gasteiger partial charge in [0.2, 0.25) is 15.9 Å². The van der Waals surface area contributed by atoms with Crippen molar-refractivity contribution in [3.63, 3.8) is 0 Å². The first-order valence-corrected chi connectivity index (χ1v) is 9.50. The Balaban J connectivity index is 1.89. The second kappa shape index (κ2) is 6.50. The van der Waals surface area contributed by atoms with E-state index >= 15 is 0 Å². The Kier molecular flexibility index (Phi) is 4.53. The van der Waals surface area contributed by atoms with Crippen LogP contribution in [-0.2, 0) is 14.8 Å². The lowest BCUT2D eigenvalue weighted by molar-refractivity contribution is -0.119. The summed E-state index contributed by atoms with van der Waals surface area (Å²) in [7, 11) is -3.71. The molecule has 130 valence electrons. The molecule has 6 nitrogen and oxygen atoms in total. The van der Waals surface area contributed by atoms with Crippen molar-refractivity contribution in [2.75, 3.05) is 15.4 Å². The quantitative estimate of drug-likeness (QED) is 0.890. The van der Waals surface area contributed by atoms with E-state index in [-0.39, 0.29) is 17.0 Å². The number of amides is 2. The zero-order valence-corrected chi connectivity index (χ0v) is 14.8. The second-order valence-corrected chi connectivity index (χ2v) is 8.10. The van der Waals surface area contributed by atoms with E-state index in [0.717, 1.165) is 4.31 Å². The van der Waals surface area contributed by atoms with Crippen LogP contribution >= 0.6 is 11.6 Å². The van der Waals surface area contributed by atoms with Crippen molar-refractivity contribution in [1.29, 1.82) is 0 Å². The maximum atomic E-state index is 12.4. The average Bonchev–Trinajstić information content (AvgIpc) is 2.75. The summed E-state index contributed by atoms with van der Waals surface area (Å²) in [6.45, 7) is 1.57. The van der Waals surface area contributed by atoms with Gasteiger partial charge in [-0.2, -0.15) is 0 Å². The summed E-state index contributed by atoms with van der Waals surface area (Å²) >= 11 is 5.88. The zero-order chi connectivity index (χ0) is 18.2. The minimum Gasteiger partial charge on any atom is -0.322 e. The van der Waals surface area contributed by atoms with Crippen LogP contribution in [0.1, 0.15) is 17.3 Å². The molecule has 1 saturated heterocycles. The number of halogens is 1. The topological polar surface area (TPSA) is 83.6 Å². The van der Waals surface area contributed by atoms with Gasteiger partial charge >= 0.3 is 0 Å². The molecular formula is C17H15ClN2O4S. The van der Waals surface area contributed by atoms with Crippen LogP contribution in [0.4, 0.5) is 11.4 Å². The third kappa shape index (κ3) is 3.52. The van der Waals surface area contributed by atoms with E-state index in [1.165, 1.54) is 18.2 Å². The third-order valence-corrected chi connectivity index (χ3v) is 5.89. The van der Waals surface area contributed by atoms with Gasteiger partial charge in [0.15, 0.2) is 0 Å². The van der Waals surface area contributed by atoms with Gasteiger partial charge < -0.3 is 5.32 Å². The summed E-state index contributed by atoms with van der Waals surface area (Å²) in [4.78, 5) is 24.6. The standard InChI is InChI=1S/C17H15ClN2O4S/c1-11-10-25(23,24)20(17(11)22)15-7-2-4-12(8-15)16(21)19-14-6-3-5-13(18)9-14/h2-9,11H,10H2,1H3,(H,19,21). The Labute approximate surface area is 150 Å². The van der Waals surface area contributed by atoms with Crippen LogP contribution in [0.15, 0.2) is 48.5 Å². The van der Waals surface area contributed by atoms with E-state index in [0.29, 0.717) is 10.7 Å². The number of hydrogen-bond acceptors (Lipinski definition) is 4. The third-order valence-electron chi connectivity index (χ3n) is 3.79. The highest BCUT2D eigenvalue weighted by Gasteiger charge is 2.42. The van der Waals surface area contributed by atoms with E-state index in [4.69, 9.17) is 11.6 Å². The lowest BCUT2D eigenvalue weighted by Gasteiger charge is -2.16. The lowest BCUT2D eigenvalue weighted by Crippen LogP contribution is -2.30. The summed E-state index contributed by atoms with van der Waals surface area (Å²) in [5, 5.41) is 3.16. The molecule has 0 aliphatic carbocycles. The number of nitrogens with zero attached hydrogens (tertiary/aromatic N) is 1. The predicted octanol–water partition coefficient (Wildman–Crippen LogP) is 2.90. The number of hydrogen-bond donors (Lipinski definition) is 1. The molecule has 1 aliphatic heterocycles. The van der Waals surface area contributed by atoms with Gasteiger partial charge in [-0.3, -0.25) is 9.59 Å². The molecule has 0 saturated carbocycles. The number of carbonyl (C=O) groups is 2. The minimum absolute atomic E-state index is 0.160. The first-order chi connectivity index (χ1) is 11.8. The van der Waals surface area contributed by atoms with Crippen LogP contribution in [0.5, 0.6) is 0 Å². The number of nitrogens with one attached hydrogen (secondary N) is 1. The van der Waals surface area contributed by atoms with Crippen molar-refractivity contribution < 1.29 is 18.0 Å². The van der Waals surface area contributed by atoms with Gasteiger partial charge in [0.25, 0.3) is 5.91 Å². The fraction of sp³-hybridized carbons (Fsp3) is 0.176. The Morgan fingerprint density at radius 2 is 1.92 bits per heavy atom. The van der Waals surface area contributed by atoms with Gasteiger partial charge in [-0.05, 0) is 36.4 Å². The maximum Gasteiger partial charge on any atom is 0.255 e. The van der Waals surface area contributed by atoms with Gasteiger partial charge in [0.1, 0.15) is 0 Å². The summed E-state index contributed by atoms with van der Waals surface area (Å²) < 4.78 is 25.1. The largest absolute Gasteiger partial charge is 0.322 e. The molecule has 2 aromatic carbocycles. The van der Waals surface area contributed by atoms with Crippen molar-refractivity contribution in [3.05, 3.63) is 59.1 Å². The number of benzene rings is 2. The maximum absolute atomic E-state index is 12.4. The Bertz CT molecular complexity index is 959. The first-order valence-electron chi connectivity index (χ1n) is 7.52. The van der Waals surface area contributed by atoms with E-state index in [9.17, 15) is 18.0 Å². The van der Waals surface area contributed by atoms with Gasteiger partial charge in [-0.1, -0.05) is 30.7 Å². The monoisotopic (exact) mass is 378 g/mol. The molecule has 1 aliphatic rings. The lowest BCUT2D eigenvalue weighted by atomic mass is 10.1. The molecule has 2 amide bonds. The van der Waals surface area contributed by atoms with Crippen LogP contribution in [-0.4, -0.2) is 26.0 Å². The van der Waals surface area contributed by atoms with E-state index in [1.807, 2.05) is 0 Å². The molecule has 1 unspecified atom stereocenters. The molecular weight excluding hydrogens is 364 g/mol. The Morgan fingerprint density at radius 1 is 1.20 bits per heavy atom. The Hall–Kier alpha value is -2.38. The van der Waals surface area contributed by atoms with Crippen LogP contribution in [0, 0.1) is 5.92 Å². The van der Waals surface area contributed by atoms with E-state index in [1.54, 1.807) is 37.3 Å². The van der Waals surface area contributed by atoms with Crippen molar-refractivity contribution >= 4 is 44.8 Å². The molecule has 0 aromatic heterocycles. The number of carbonyl (C=O) groups excluding carboxylic acids is 2. The molecule has 0 bridgehead atoms. The van der Waals surface area contributed by atoms with Crippen LogP contribution in [0.2, 0.25) is 5.02 Å². The van der Waals surface area contributed by atoms with Crippen LogP contribution < -0.4 is 9.62 Å². The van der Waals surface area contributed by atoms with E-state index in [2.05, 4.69) is 5.32 Å². The van der Waals surface area contributed by atoms with Crippen molar-refractivity contribution in [2.24, 2.45) is 5.92 Å². The molecule has 1 fully saturated rings. The molecule has 1 heterocycles. The normalized spacial score (nSPS) is 19.0. The summed E-state index contributed by atoms with van der Waals surface area (Å²) in [6.07, 6.45) is 0. The molecule has 2 aromatic rings. The highest BCUT2D eigenvalue weighted by Crippen LogP contribution is 2.29. The Morgan fingerprint density at radius 3 is 2.56 bits per heavy atom. The summed E-state index contributed by atoms with van der Waals surface area (Å²) in [5.74, 6) is -1.76. The van der Waals surface area contributed by atoms with Crippen molar-refractivity contribution in [2.45, 2.75) is 6.92 Å². The minimum atomic E-state index is -3.71. The second-order valence-electron chi connectivity index (χ2n) is 5.80. The van der Waals surface area contributed by atoms with Crippen LogP contribution in [0.25, 0.3) is 0 Å². The molecule has 0 radical (unpaired) electrons. The smallest absolute Gasteiger partial charge is 0.255 e. The predicted molar refractivity (Wildman–Crippen MR) is 96.3 cm³/mol. The molecule has 3 rings (SSSR count). The molecule has 1 atom stereocenters. The van der Waals surface area contributed by atoms with Gasteiger partial charge in [0, 0.05) is 16.3 Å². The van der Waals surface area contributed by atoms with E-state index < -0.39 is 27.8 Å². The van der Waals surface area contributed by atoms with Gasteiger partial charge in [0.05, 0.1) is 17.4 Å². The van der Waals surface area contributed by atoms with Gasteiger partial charge in [-0.25, -0.2) is 12.7 Å². The number of rotatable bonds is 3. The molecule has 1 N–H and O–H groups in total. The molecule has 8 heteroatoms. The van der Waals surface area contributed by atoms with Crippen molar-refractivity contribution in [1.82, 2.24) is 0 Å². The summed E-state index contributed by atoms with van der Waals surface area (Å²) in [5.41, 5.74) is 0.912. The van der Waals surface area contributed by atoms with Gasteiger partial charge in [-0.15, -0.1) is 0 Å². The van der Waals surface area contributed by atoms with Crippen molar-refractivity contribution in [3.8, 4) is 0 Å². The molecule has 0 spiro atoms. The highest BCUT2D eigenvalue weighted by molar-refractivity contribution is 7.94. The SMILES string of the molecule is CC1CS(=O)(=O)N(c2cccc(C(=O)Nc3cccc(Cl)c3)c2)C1=O. The number of anilines is 2. The first kappa shape index (κ1) is 17.4. The summed E-state index contributed by atoms with van der Waals surface area (Å²) in [6, 6.07) is 12.6. The number of sulfonamides is 1. The van der Waals surface area contributed by atoms with Crippen LogP contribution in [0.3, 0.4) is 0 Å². The average molecular weight is 379 g/mol. The molecule has 25 heavy (non-hydrogen) atoms. The fourth-order valence-corrected chi connectivity index (χ4v) is 4.63. The highest BCUT2D eigenvalue weighted by atomic mass is 35.5.